The second-order valence-corrected chi connectivity index (χ2v) is 7.18. The Kier molecular flexibility index (Phi) is 7.25. The van der Waals surface area contributed by atoms with Crippen LogP contribution in [0.15, 0.2) is 41.3 Å². The quantitative estimate of drug-likeness (QED) is 0.419. The molecular formula is C20H28O2S. The molecule has 0 aliphatic carbocycles. The van der Waals surface area contributed by atoms with Crippen LogP contribution < -0.4 is 4.74 Å². The molecule has 23 heavy (non-hydrogen) atoms. The average molecular weight is 333 g/mol. The molecule has 0 spiro atoms. The van der Waals surface area contributed by atoms with Crippen molar-refractivity contribution in [1.82, 2.24) is 0 Å². The van der Waals surface area contributed by atoms with Crippen LogP contribution in [0.4, 0.5) is 0 Å². The molecule has 2 aromatic rings. The molecule has 0 saturated heterocycles. The van der Waals surface area contributed by atoms with Gasteiger partial charge in [0.25, 0.3) is 0 Å². The van der Waals surface area contributed by atoms with Gasteiger partial charge >= 0.3 is 0 Å². The minimum Gasteiger partial charge on any atom is -0.493 e. The monoisotopic (exact) mass is 332 g/mol. The van der Waals surface area contributed by atoms with E-state index in [9.17, 15) is 0 Å². The third kappa shape index (κ3) is 5.43. The zero-order valence-electron chi connectivity index (χ0n) is 14.7. The normalized spacial score (nSPS) is 12.7. The lowest BCUT2D eigenvalue weighted by Gasteiger charge is -2.17. The topological polar surface area (TPSA) is 18.5 Å². The van der Waals surface area contributed by atoms with Crippen LogP contribution in [0.3, 0.4) is 0 Å². The summed E-state index contributed by atoms with van der Waals surface area (Å²) in [5.41, 5.74) is 0. The molecule has 1 unspecified atom stereocenters. The summed E-state index contributed by atoms with van der Waals surface area (Å²) >= 11 is 1.86. The second kappa shape index (κ2) is 9.19. The van der Waals surface area contributed by atoms with Gasteiger partial charge in [-0.2, -0.15) is 0 Å². The number of thioether (sulfide) groups is 1. The summed E-state index contributed by atoms with van der Waals surface area (Å²) in [4.78, 5) is 1.29. The van der Waals surface area contributed by atoms with Crippen molar-refractivity contribution in [3.05, 3.63) is 36.4 Å². The molecule has 0 N–H and O–H groups in total. The molecule has 0 fully saturated rings. The van der Waals surface area contributed by atoms with E-state index in [0.717, 1.165) is 31.0 Å². The van der Waals surface area contributed by atoms with E-state index >= 15 is 0 Å². The maximum atomic E-state index is 5.96. The van der Waals surface area contributed by atoms with E-state index in [1.165, 1.54) is 15.7 Å². The summed E-state index contributed by atoms with van der Waals surface area (Å²) < 4.78 is 11.8. The summed E-state index contributed by atoms with van der Waals surface area (Å²) in [6.45, 7) is 9.27. The Morgan fingerprint density at radius 1 is 1.00 bits per heavy atom. The lowest BCUT2D eigenvalue weighted by Crippen LogP contribution is -2.16. The van der Waals surface area contributed by atoms with Crippen molar-refractivity contribution in [2.24, 2.45) is 0 Å². The van der Waals surface area contributed by atoms with Crippen molar-refractivity contribution in [3.63, 3.8) is 0 Å². The van der Waals surface area contributed by atoms with Gasteiger partial charge in [-0.25, -0.2) is 0 Å². The molecule has 2 nitrogen and oxygen atoms in total. The number of hydrogen-bond donors (Lipinski definition) is 0. The van der Waals surface area contributed by atoms with E-state index in [1.54, 1.807) is 0 Å². The Balaban J connectivity index is 2.13. The Morgan fingerprint density at radius 3 is 2.43 bits per heavy atom. The van der Waals surface area contributed by atoms with Crippen molar-refractivity contribution in [3.8, 4) is 5.75 Å². The van der Waals surface area contributed by atoms with E-state index in [-0.39, 0.29) is 12.2 Å². The molecule has 126 valence electrons. The molecule has 0 radical (unpaired) electrons. The molecule has 2 rings (SSSR count). The molecule has 0 bridgehead atoms. The summed E-state index contributed by atoms with van der Waals surface area (Å²) in [7, 11) is 0. The van der Waals surface area contributed by atoms with Crippen molar-refractivity contribution in [2.45, 2.75) is 57.6 Å². The number of fused-ring (bicyclic) bond motifs is 1. The Labute approximate surface area is 144 Å². The smallest absolute Gasteiger partial charge is 0.127 e. The molecule has 0 aliphatic heterocycles. The van der Waals surface area contributed by atoms with Crippen LogP contribution in [0, 0.1) is 0 Å². The number of benzene rings is 2. The number of rotatable bonds is 9. The molecule has 0 saturated carbocycles. The Hall–Kier alpha value is -1.19. The maximum Gasteiger partial charge on any atom is 0.127 e. The number of hydrogen-bond acceptors (Lipinski definition) is 3. The Morgan fingerprint density at radius 2 is 1.74 bits per heavy atom. The van der Waals surface area contributed by atoms with Gasteiger partial charge in [-0.05, 0) is 44.7 Å². The van der Waals surface area contributed by atoms with Gasteiger partial charge in [0, 0.05) is 16.0 Å². The molecular weight excluding hydrogens is 304 g/mol. The van der Waals surface area contributed by atoms with E-state index in [0.29, 0.717) is 0 Å². The van der Waals surface area contributed by atoms with Crippen LogP contribution in [-0.2, 0) is 4.74 Å². The van der Waals surface area contributed by atoms with Crippen LogP contribution in [0.5, 0.6) is 5.75 Å². The zero-order chi connectivity index (χ0) is 16.7. The third-order valence-electron chi connectivity index (χ3n) is 3.58. The van der Waals surface area contributed by atoms with Gasteiger partial charge in [0.15, 0.2) is 0 Å². The molecule has 3 heteroatoms. The molecule has 0 heterocycles. The highest BCUT2D eigenvalue weighted by molar-refractivity contribution is 7.99. The largest absolute Gasteiger partial charge is 0.493 e. The first-order chi connectivity index (χ1) is 11.1. The van der Waals surface area contributed by atoms with Crippen LogP contribution in [-0.4, -0.2) is 24.6 Å². The standard InChI is InChI=1S/C20H28O2S/c1-5-6-13-21-19-11-12-20(18-10-8-7-9-17(18)19)23-14-16(4)22-15(2)3/h7-12,15-16H,5-6,13-14H2,1-4H3. The highest BCUT2D eigenvalue weighted by Gasteiger charge is 2.10. The Bertz CT molecular complexity index is 610. The SMILES string of the molecule is CCCCOc1ccc(SCC(C)OC(C)C)c2ccccc12. The molecule has 2 aromatic carbocycles. The minimum atomic E-state index is 0.249. The van der Waals surface area contributed by atoms with Gasteiger partial charge in [0.05, 0.1) is 18.8 Å². The predicted octanol–water partition coefficient (Wildman–Crippen LogP) is 5.92. The van der Waals surface area contributed by atoms with Crippen LogP contribution in [0.2, 0.25) is 0 Å². The molecule has 0 aromatic heterocycles. The van der Waals surface area contributed by atoms with E-state index in [1.807, 2.05) is 11.8 Å². The number of unbranched alkanes of at least 4 members (excludes halogenated alkanes) is 1. The summed E-state index contributed by atoms with van der Waals surface area (Å²) in [5.74, 6) is 1.95. The van der Waals surface area contributed by atoms with Crippen molar-refractivity contribution < 1.29 is 9.47 Å². The van der Waals surface area contributed by atoms with Crippen molar-refractivity contribution in [2.75, 3.05) is 12.4 Å². The first-order valence-electron chi connectivity index (χ1n) is 8.54. The lowest BCUT2D eigenvalue weighted by molar-refractivity contribution is 0.0327. The number of ether oxygens (including phenoxy) is 2. The summed E-state index contributed by atoms with van der Waals surface area (Å²) in [5, 5.41) is 2.47. The maximum absolute atomic E-state index is 5.96. The van der Waals surface area contributed by atoms with E-state index < -0.39 is 0 Å². The van der Waals surface area contributed by atoms with Gasteiger partial charge in [-0.15, -0.1) is 11.8 Å². The van der Waals surface area contributed by atoms with Gasteiger partial charge in [0.1, 0.15) is 5.75 Å². The predicted molar refractivity (Wildman–Crippen MR) is 101 cm³/mol. The van der Waals surface area contributed by atoms with E-state index in [4.69, 9.17) is 9.47 Å². The highest BCUT2D eigenvalue weighted by atomic mass is 32.2. The second-order valence-electron chi connectivity index (χ2n) is 6.12. The fourth-order valence-corrected chi connectivity index (χ4v) is 3.52. The summed E-state index contributed by atoms with van der Waals surface area (Å²) in [6.07, 6.45) is 2.77. The fourth-order valence-electron chi connectivity index (χ4n) is 2.53. The van der Waals surface area contributed by atoms with Crippen molar-refractivity contribution in [1.29, 1.82) is 0 Å². The third-order valence-corrected chi connectivity index (χ3v) is 4.88. The zero-order valence-corrected chi connectivity index (χ0v) is 15.5. The fraction of sp³-hybridized carbons (Fsp3) is 0.500. The molecule has 1 atom stereocenters. The lowest BCUT2D eigenvalue weighted by atomic mass is 10.1. The first-order valence-corrected chi connectivity index (χ1v) is 9.53. The molecule has 0 aliphatic rings. The van der Waals surface area contributed by atoms with Gasteiger partial charge in [-0.3, -0.25) is 0 Å². The van der Waals surface area contributed by atoms with E-state index in [2.05, 4.69) is 64.1 Å². The summed E-state index contributed by atoms with van der Waals surface area (Å²) in [6, 6.07) is 12.8. The average Bonchev–Trinajstić information content (AvgIpc) is 2.53. The van der Waals surface area contributed by atoms with Crippen LogP contribution in [0.25, 0.3) is 10.8 Å². The first kappa shape index (κ1) is 18.2. The molecule has 0 amide bonds. The van der Waals surface area contributed by atoms with Gasteiger partial charge in [-0.1, -0.05) is 37.6 Å². The van der Waals surface area contributed by atoms with Gasteiger partial charge < -0.3 is 9.47 Å². The highest BCUT2D eigenvalue weighted by Crippen LogP contribution is 2.34. The van der Waals surface area contributed by atoms with Gasteiger partial charge in [0.2, 0.25) is 0 Å². The van der Waals surface area contributed by atoms with Crippen LogP contribution in [0.1, 0.15) is 40.5 Å². The van der Waals surface area contributed by atoms with Crippen molar-refractivity contribution >= 4 is 22.5 Å². The minimum absolute atomic E-state index is 0.249. The van der Waals surface area contributed by atoms with Crippen LogP contribution >= 0.6 is 11.8 Å².